The third-order valence-corrected chi connectivity index (χ3v) is 7.52. The number of amidine groups is 1. The molecule has 10 nitrogen and oxygen atoms in total. The number of aromatic nitrogens is 1. The molecule has 0 saturated carbocycles. The fourth-order valence-electron chi connectivity index (χ4n) is 4.40. The molecule has 4 heterocycles. The van der Waals surface area contributed by atoms with E-state index >= 15 is 0 Å². The number of aliphatic carboxylic acids is 1. The first-order chi connectivity index (χ1) is 16.2. The normalized spacial score (nSPS) is 21.3. The molecular formula is C22H30N6O4S2. The standard InChI is InChI=1S/C22H30N6O4S2/c1-4-32-19(29)15-9-24-17(18-23-5-8-34-18)25-16(15)12-26-6-7-28-14(10-26)11-27(21(28)33)13-22(2,3)20(30)31/h5,8,14H,4,6-7,9-13H2,1-3H3,(H,24,25)(H,30,31). The summed E-state index contributed by atoms with van der Waals surface area (Å²) in [5, 5.41) is 16.2. The molecule has 3 aliphatic heterocycles. The van der Waals surface area contributed by atoms with Crippen LogP contribution in [-0.2, 0) is 14.3 Å². The predicted octanol–water partition coefficient (Wildman–Crippen LogP) is 1.01. The SMILES string of the molecule is CCOC(=O)C1=C(CN2CCN3C(=S)N(CC(C)(C)C(=O)O)CC3C2)NC(c2nccs2)=NC1. The molecule has 2 saturated heterocycles. The Morgan fingerprint density at radius 1 is 1.35 bits per heavy atom. The Morgan fingerprint density at radius 2 is 2.15 bits per heavy atom. The van der Waals surface area contributed by atoms with E-state index in [1.165, 1.54) is 11.3 Å². The van der Waals surface area contributed by atoms with E-state index in [1.807, 2.05) is 10.3 Å². The van der Waals surface area contributed by atoms with Crippen LogP contribution in [0.15, 0.2) is 27.8 Å². The number of nitrogens with one attached hydrogen (secondary N) is 1. The number of aliphatic imine (C=N–C) groups is 1. The van der Waals surface area contributed by atoms with Gasteiger partial charge in [0.15, 0.2) is 16.0 Å². The molecule has 0 bridgehead atoms. The highest BCUT2D eigenvalue weighted by Crippen LogP contribution is 2.26. The lowest BCUT2D eigenvalue weighted by molar-refractivity contribution is -0.147. The number of rotatable bonds is 8. The first-order valence-electron chi connectivity index (χ1n) is 11.3. The van der Waals surface area contributed by atoms with Gasteiger partial charge in [-0.1, -0.05) is 0 Å². The van der Waals surface area contributed by atoms with Gasteiger partial charge in [0.05, 0.1) is 30.2 Å². The lowest BCUT2D eigenvalue weighted by Gasteiger charge is -2.38. The summed E-state index contributed by atoms with van der Waals surface area (Å²) in [5.41, 5.74) is 0.447. The number of thiocarbonyl (C=S) groups is 1. The minimum atomic E-state index is -0.880. The van der Waals surface area contributed by atoms with E-state index in [4.69, 9.17) is 17.0 Å². The number of esters is 1. The van der Waals surface area contributed by atoms with E-state index in [9.17, 15) is 14.7 Å². The van der Waals surface area contributed by atoms with Crippen LogP contribution in [0.1, 0.15) is 25.8 Å². The maximum atomic E-state index is 12.6. The predicted molar refractivity (Wildman–Crippen MR) is 133 cm³/mol. The molecule has 2 N–H and O–H groups in total. The molecule has 0 aromatic carbocycles. The maximum Gasteiger partial charge on any atom is 0.337 e. The van der Waals surface area contributed by atoms with Crippen LogP contribution >= 0.6 is 23.6 Å². The third kappa shape index (κ3) is 5.08. The third-order valence-electron chi connectivity index (χ3n) is 6.25. The minimum absolute atomic E-state index is 0.174. The second-order valence-electron chi connectivity index (χ2n) is 9.24. The lowest BCUT2D eigenvalue weighted by Crippen LogP contribution is -2.53. The van der Waals surface area contributed by atoms with Crippen molar-refractivity contribution in [3.63, 3.8) is 0 Å². The van der Waals surface area contributed by atoms with Crippen molar-refractivity contribution < 1.29 is 19.4 Å². The van der Waals surface area contributed by atoms with Gasteiger partial charge in [0.1, 0.15) is 0 Å². The smallest absolute Gasteiger partial charge is 0.337 e. The molecule has 0 amide bonds. The molecule has 1 atom stereocenters. The second kappa shape index (κ2) is 9.96. The highest BCUT2D eigenvalue weighted by molar-refractivity contribution is 7.80. The van der Waals surface area contributed by atoms with Gasteiger partial charge in [-0.3, -0.25) is 14.7 Å². The Hall–Kier alpha value is -2.57. The zero-order chi connectivity index (χ0) is 24.5. The van der Waals surface area contributed by atoms with E-state index in [2.05, 4.69) is 25.1 Å². The van der Waals surface area contributed by atoms with Crippen LogP contribution in [-0.4, -0.2) is 106 Å². The minimum Gasteiger partial charge on any atom is -0.481 e. The van der Waals surface area contributed by atoms with Crippen molar-refractivity contribution in [1.29, 1.82) is 0 Å². The Bertz CT molecular complexity index is 1020. The molecule has 1 aromatic rings. The van der Waals surface area contributed by atoms with Crippen LogP contribution in [0.3, 0.4) is 0 Å². The molecule has 34 heavy (non-hydrogen) atoms. The quantitative estimate of drug-likeness (QED) is 0.391. The number of piperazine rings is 1. The number of fused-ring (bicyclic) bond motifs is 1. The van der Waals surface area contributed by atoms with Crippen molar-refractivity contribution in [3.05, 3.63) is 27.9 Å². The summed E-state index contributed by atoms with van der Waals surface area (Å²) in [4.78, 5) is 39.5. The Labute approximate surface area is 208 Å². The highest BCUT2D eigenvalue weighted by Gasteiger charge is 2.41. The summed E-state index contributed by atoms with van der Waals surface area (Å²) in [7, 11) is 0. The molecule has 2 fully saturated rings. The van der Waals surface area contributed by atoms with Crippen molar-refractivity contribution in [2.45, 2.75) is 26.8 Å². The van der Waals surface area contributed by atoms with Gasteiger partial charge in [0, 0.05) is 56.5 Å². The average molecular weight is 507 g/mol. The van der Waals surface area contributed by atoms with E-state index in [-0.39, 0.29) is 18.6 Å². The zero-order valence-electron chi connectivity index (χ0n) is 19.6. The van der Waals surface area contributed by atoms with Gasteiger partial charge >= 0.3 is 11.9 Å². The number of carbonyl (C=O) groups excluding carboxylic acids is 1. The Kier molecular flexibility index (Phi) is 7.20. The van der Waals surface area contributed by atoms with E-state index in [0.29, 0.717) is 37.6 Å². The number of hydrogen-bond donors (Lipinski definition) is 2. The molecule has 184 valence electrons. The fraction of sp³-hybridized carbons (Fsp3) is 0.591. The number of nitrogens with zero attached hydrogens (tertiary/aromatic N) is 5. The topological polar surface area (TPSA) is 111 Å². The second-order valence-corrected chi connectivity index (χ2v) is 10.5. The largest absolute Gasteiger partial charge is 0.481 e. The van der Waals surface area contributed by atoms with Crippen molar-refractivity contribution in [2.24, 2.45) is 10.4 Å². The highest BCUT2D eigenvalue weighted by atomic mass is 32.1. The molecule has 1 unspecified atom stereocenters. The van der Waals surface area contributed by atoms with E-state index < -0.39 is 11.4 Å². The molecule has 0 radical (unpaired) electrons. The van der Waals surface area contributed by atoms with Gasteiger partial charge in [-0.05, 0) is 33.0 Å². The van der Waals surface area contributed by atoms with Crippen LogP contribution in [0.25, 0.3) is 0 Å². The molecule has 12 heteroatoms. The number of hydrogen-bond acceptors (Lipinski definition) is 9. The summed E-state index contributed by atoms with van der Waals surface area (Å²) in [6.07, 6.45) is 1.73. The van der Waals surface area contributed by atoms with Gasteiger partial charge in [-0.2, -0.15) is 0 Å². The van der Waals surface area contributed by atoms with Crippen molar-refractivity contribution in [2.75, 3.05) is 52.4 Å². The van der Waals surface area contributed by atoms with Crippen LogP contribution in [0, 0.1) is 5.41 Å². The van der Waals surface area contributed by atoms with Crippen LogP contribution in [0.2, 0.25) is 0 Å². The first kappa shape index (κ1) is 24.6. The van der Waals surface area contributed by atoms with Gasteiger partial charge in [-0.25, -0.2) is 9.78 Å². The van der Waals surface area contributed by atoms with Crippen molar-refractivity contribution in [1.82, 2.24) is 25.0 Å². The number of carbonyl (C=O) groups is 2. The van der Waals surface area contributed by atoms with Crippen molar-refractivity contribution >= 4 is 46.4 Å². The summed E-state index contributed by atoms with van der Waals surface area (Å²) in [6, 6.07) is 0.174. The van der Waals surface area contributed by atoms with Crippen LogP contribution in [0.4, 0.5) is 0 Å². The number of ether oxygens (including phenoxy) is 1. The Balaban J connectivity index is 1.45. The number of carboxylic acid groups (broad SMARTS) is 1. The zero-order valence-corrected chi connectivity index (χ0v) is 21.2. The van der Waals surface area contributed by atoms with Crippen LogP contribution in [0.5, 0.6) is 0 Å². The summed E-state index contributed by atoms with van der Waals surface area (Å²) >= 11 is 7.16. The molecular weight excluding hydrogens is 476 g/mol. The van der Waals surface area contributed by atoms with E-state index in [0.717, 1.165) is 35.5 Å². The summed E-state index contributed by atoms with van der Waals surface area (Å²) in [5.74, 6) is -0.517. The van der Waals surface area contributed by atoms with Crippen LogP contribution < -0.4 is 5.32 Å². The number of thiazole rings is 1. The number of carboxylic acids is 1. The molecule has 1 aromatic heterocycles. The van der Waals surface area contributed by atoms with Gasteiger partial charge in [0.2, 0.25) is 0 Å². The Morgan fingerprint density at radius 3 is 2.82 bits per heavy atom. The molecule has 3 aliphatic rings. The molecule has 0 spiro atoms. The molecule has 0 aliphatic carbocycles. The first-order valence-corrected chi connectivity index (χ1v) is 12.6. The van der Waals surface area contributed by atoms with E-state index in [1.54, 1.807) is 27.0 Å². The van der Waals surface area contributed by atoms with Gasteiger partial charge in [0.25, 0.3) is 0 Å². The molecule has 4 rings (SSSR count). The lowest BCUT2D eigenvalue weighted by atomic mass is 9.93. The van der Waals surface area contributed by atoms with Gasteiger partial charge in [-0.15, -0.1) is 11.3 Å². The monoisotopic (exact) mass is 506 g/mol. The fourth-order valence-corrected chi connectivity index (χ4v) is 5.38. The van der Waals surface area contributed by atoms with Gasteiger partial charge < -0.3 is 25.0 Å². The summed E-state index contributed by atoms with van der Waals surface area (Å²) in [6.45, 7) is 9.70. The maximum absolute atomic E-state index is 12.6. The van der Waals surface area contributed by atoms with Crippen molar-refractivity contribution in [3.8, 4) is 0 Å². The average Bonchev–Trinajstić information content (AvgIpc) is 3.42. The summed E-state index contributed by atoms with van der Waals surface area (Å²) < 4.78 is 5.27.